The van der Waals surface area contributed by atoms with Crippen molar-refractivity contribution in [1.29, 1.82) is 0 Å². The average Bonchev–Trinajstić information content (AvgIpc) is 2.34. The van der Waals surface area contributed by atoms with Crippen LogP contribution < -0.4 is 5.32 Å². The number of carboxylic acid groups (broad SMARTS) is 1. The van der Waals surface area contributed by atoms with Gasteiger partial charge < -0.3 is 15.3 Å². The van der Waals surface area contributed by atoms with Gasteiger partial charge in [-0.25, -0.2) is 4.79 Å². The summed E-state index contributed by atoms with van der Waals surface area (Å²) in [6, 6.07) is 3.58. The molecule has 1 aromatic carbocycles. The van der Waals surface area contributed by atoms with E-state index in [2.05, 4.69) is 21.2 Å². The number of carboxylic acids is 1. The molecular weight excluding hydrogens is 324 g/mol. The van der Waals surface area contributed by atoms with E-state index in [0.29, 0.717) is 6.54 Å². The number of aryl methyl sites for hydroxylation is 2. The van der Waals surface area contributed by atoms with Crippen molar-refractivity contribution in [2.24, 2.45) is 0 Å². The van der Waals surface area contributed by atoms with E-state index < -0.39 is 5.97 Å². The molecule has 0 bridgehead atoms. The number of aliphatic carboxylic acids is 1. The topological polar surface area (TPSA) is 69.6 Å². The van der Waals surface area contributed by atoms with Gasteiger partial charge in [-0.15, -0.1) is 0 Å². The summed E-state index contributed by atoms with van der Waals surface area (Å²) in [4.78, 5) is 24.2. The highest BCUT2D eigenvalue weighted by molar-refractivity contribution is 9.10. The zero-order valence-corrected chi connectivity index (χ0v) is 13.5. The van der Waals surface area contributed by atoms with Crippen molar-refractivity contribution >= 4 is 33.6 Å². The molecule has 0 fully saturated rings. The molecule has 0 aromatic heterocycles. The number of halogens is 1. The second kappa shape index (κ2) is 7.28. The minimum atomic E-state index is -0.910. The minimum Gasteiger partial charge on any atom is -0.481 e. The first kappa shape index (κ1) is 16.5. The highest BCUT2D eigenvalue weighted by atomic mass is 79.9. The Bertz CT molecular complexity index is 494. The van der Waals surface area contributed by atoms with E-state index in [1.165, 1.54) is 4.90 Å². The lowest BCUT2D eigenvalue weighted by molar-refractivity contribution is -0.137. The number of nitrogens with zero attached hydrogens (tertiary/aromatic N) is 1. The summed E-state index contributed by atoms with van der Waals surface area (Å²) < 4.78 is 0.962. The number of amides is 2. The van der Waals surface area contributed by atoms with Crippen LogP contribution in [-0.2, 0) is 4.79 Å². The molecule has 0 spiro atoms. The van der Waals surface area contributed by atoms with Crippen LogP contribution in [0.4, 0.5) is 10.5 Å². The van der Waals surface area contributed by atoms with Crippen LogP contribution in [0.3, 0.4) is 0 Å². The third-order valence-corrected chi connectivity index (χ3v) is 3.45. The number of nitrogens with one attached hydrogen (secondary N) is 1. The summed E-state index contributed by atoms with van der Waals surface area (Å²) >= 11 is 3.41. The molecule has 0 aliphatic heterocycles. The minimum absolute atomic E-state index is 0.0560. The average molecular weight is 343 g/mol. The smallest absolute Gasteiger partial charge is 0.321 e. The number of hydrogen-bond donors (Lipinski definition) is 2. The van der Waals surface area contributed by atoms with Crippen LogP contribution in [0.1, 0.15) is 24.5 Å². The zero-order chi connectivity index (χ0) is 15.3. The highest BCUT2D eigenvalue weighted by Gasteiger charge is 2.15. The van der Waals surface area contributed by atoms with Gasteiger partial charge in [0.2, 0.25) is 0 Å². The monoisotopic (exact) mass is 342 g/mol. The quantitative estimate of drug-likeness (QED) is 0.861. The summed E-state index contributed by atoms with van der Waals surface area (Å²) in [5.41, 5.74) is 2.69. The molecule has 0 unspecified atom stereocenters. The third-order valence-electron chi connectivity index (χ3n) is 2.99. The van der Waals surface area contributed by atoms with E-state index in [1.807, 2.05) is 32.9 Å². The van der Waals surface area contributed by atoms with Gasteiger partial charge in [-0.1, -0.05) is 15.9 Å². The lowest BCUT2D eigenvalue weighted by Crippen LogP contribution is -2.36. The molecule has 5 nitrogen and oxygen atoms in total. The fourth-order valence-electron chi connectivity index (χ4n) is 1.93. The summed E-state index contributed by atoms with van der Waals surface area (Å²) in [5.74, 6) is -0.910. The molecule has 0 aliphatic carbocycles. The van der Waals surface area contributed by atoms with Crippen LogP contribution in [-0.4, -0.2) is 35.1 Å². The van der Waals surface area contributed by atoms with E-state index >= 15 is 0 Å². The maximum absolute atomic E-state index is 12.2. The Morgan fingerprint density at radius 3 is 2.30 bits per heavy atom. The fraction of sp³-hybridized carbons (Fsp3) is 0.429. The number of carbonyl (C=O) groups excluding carboxylic acids is 1. The Labute approximate surface area is 127 Å². The molecule has 2 N–H and O–H groups in total. The van der Waals surface area contributed by atoms with Gasteiger partial charge in [-0.05, 0) is 44.0 Å². The maximum atomic E-state index is 12.2. The molecule has 0 aliphatic rings. The third kappa shape index (κ3) is 4.52. The molecular formula is C14H19BrN2O3. The summed E-state index contributed by atoms with van der Waals surface area (Å²) in [5, 5.41) is 11.5. The first-order valence-corrected chi connectivity index (χ1v) is 7.19. The fourth-order valence-corrected chi connectivity index (χ4v) is 2.61. The van der Waals surface area contributed by atoms with Crippen LogP contribution >= 0.6 is 15.9 Å². The number of anilines is 1. The largest absolute Gasteiger partial charge is 0.481 e. The molecule has 1 rings (SSSR count). The molecule has 0 atom stereocenters. The van der Waals surface area contributed by atoms with E-state index in [9.17, 15) is 9.59 Å². The van der Waals surface area contributed by atoms with Crippen LogP contribution in [0, 0.1) is 13.8 Å². The molecule has 20 heavy (non-hydrogen) atoms. The van der Waals surface area contributed by atoms with Gasteiger partial charge in [-0.3, -0.25) is 4.79 Å². The van der Waals surface area contributed by atoms with Crippen molar-refractivity contribution in [3.05, 3.63) is 27.7 Å². The van der Waals surface area contributed by atoms with E-state index in [0.717, 1.165) is 21.3 Å². The van der Waals surface area contributed by atoms with Gasteiger partial charge in [0.05, 0.1) is 6.42 Å². The molecule has 110 valence electrons. The van der Waals surface area contributed by atoms with Crippen molar-refractivity contribution in [3.63, 3.8) is 0 Å². The van der Waals surface area contributed by atoms with E-state index in [4.69, 9.17) is 5.11 Å². The molecule has 0 heterocycles. The lowest BCUT2D eigenvalue weighted by Gasteiger charge is -2.22. The number of rotatable bonds is 5. The van der Waals surface area contributed by atoms with Gasteiger partial charge in [0.25, 0.3) is 0 Å². The van der Waals surface area contributed by atoms with E-state index in [1.54, 1.807) is 0 Å². The van der Waals surface area contributed by atoms with Crippen molar-refractivity contribution in [2.45, 2.75) is 27.2 Å². The number of urea groups is 1. The number of hydrogen-bond acceptors (Lipinski definition) is 2. The van der Waals surface area contributed by atoms with E-state index in [-0.39, 0.29) is 19.0 Å². The Kier molecular flexibility index (Phi) is 6.01. The standard InChI is InChI=1S/C14H19BrN2O3/c1-4-17(6-5-12(18)19)14(20)16-13-9(2)7-11(15)8-10(13)3/h7-8H,4-6H2,1-3H3,(H,16,20)(H,18,19). The Morgan fingerprint density at radius 2 is 1.85 bits per heavy atom. The number of benzene rings is 1. The second-order valence-electron chi connectivity index (χ2n) is 4.57. The zero-order valence-electron chi connectivity index (χ0n) is 11.9. The predicted octanol–water partition coefficient (Wildman–Crippen LogP) is 3.39. The van der Waals surface area contributed by atoms with Gasteiger partial charge in [0, 0.05) is 23.2 Å². The summed E-state index contributed by atoms with van der Waals surface area (Å²) in [7, 11) is 0. The predicted molar refractivity (Wildman–Crippen MR) is 82.1 cm³/mol. The van der Waals surface area contributed by atoms with Gasteiger partial charge in [0.1, 0.15) is 0 Å². The Morgan fingerprint density at radius 1 is 1.30 bits per heavy atom. The highest BCUT2D eigenvalue weighted by Crippen LogP contribution is 2.25. The molecule has 0 saturated carbocycles. The van der Waals surface area contributed by atoms with Crippen LogP contribution in [0.25, 0.3) is 0 Å². The first-order valence-electron chi connectivity index (χ1n) is 6.39. The lowest BCUT2D eigenvalue weighted by atomic mass is 10.1. The molecule has 6 heteroatoms. The van der Waals surface area contributed by atoms with Crippen LogP contribution in [0.5, 0.6) is 0 Å². The van der Waals surface area contributed by atoms with Gasteiger partial charge >= 0.3 is 12.0 Å². The van der Waals surface area contributed by atoms with Crippen molar-refractivity contribution < 1.29 is 14.7 Å². The SMILES string of the molecule is CCN(CCC(=O)O)C(=O)Nc1c(C)cc(Br)cc1C. The molecule has 0 radical (unpaired) electrons. The number of carbonyl (C=O) groups is 2. The normalized spacial score (nSPS) is 10.2. The maximum Gasteiger partial charge on any atom is 0.321 e. The van der Waals surface area contributed by atoms with Crippen molar-refractivity contribution in [2.75, 3.05) is 18.4 Å². The summed E-state index contributed by atoms with van der Waals surface area (Å²) in [6.45, 7) is 6.32. The van der Waals surface area contributed by atoms with Crippen LogP contribution in [0.15, 0.2) is 16.6 Å². The molecule has 1 aromatic rings. The molecule has 2 amide bonds. The van der Waals surface area contributed by atoms with Gasteiger partial charge in [0.15, 0.2) is 0 Å². The summed E-state index contributed by atoms with van der Waals surface area (Å²) in [6.07, 6.45) is -0.0560. The molecule has 0 saturated heterocycles. The van der Waals surface area contributed by atoms with Crippen molar-refractivity contribution in [1.82, 2.24) is 4.90 Å². The van der Waals surface area contributed by atoms with Crippen LogP contribution in [0.2, 0.25) is 0 Å². The van der Waals surface area contributed by atoms with Crippen molar-refractivity contribution in [3.8, 4) is 0 Å². The second-order valence-corrected chi connectivity index (χ2v) is 5.48. The Balaban J connectivity index is 2.81. The Hall–Kier alpha value is -1.56. The van der Waals surface area contributed by atoms with Gasteiger partial charge in [-0.2, -0.15) is 0 Å². The first-order chi connectivity index (χ1) is 9.35.